The molecule has 0 N–H and O–H groups in total. The number of benzene rings is 1. The van der Waals surface area contributed by atoms with Crippen molar-refractivity contribution >= 4 is 5.97 Å². The van der Waals surface area contributed by atoms with Crippen LogP contribution in [0.15, 0.2) is 30.6 Å². The molecule has 0 bridgehead atoms. The molecule has 0 radical (unpaired) electrons. The molecule has 0 spiro atoms. The van der Waals surface area contributed by atoms with Crippen LogP contribution in [0.25, 0.3) is 11.1 Å². The van der Waals surface area contributed by atoms with Crippen LogP contribution in [0.2, 0.25) is 0 Å². The Morgan fingerprint density at radius 3 is 2.70 bits per heavy atom. The van der Waals surface area contributed by atoms with Crippen molar-refractivity contribution in [1.82, 2.24) is 4.98 Å². The van der Waals surface area contributed by atoms with Gasteiger partial charge in [-0.2, -0.15) is 0 Å². The minimum Gasteiger partial charge on any atom is -0.482 e. The van der Waals surface area contributed by atoms with Crippen molar-refractivity contribution in [2.24, 2.45) is 0 Å². The normalized spacial score (nSPS) is 14.7. The van der Waals surface area contributed by atoms with E-state index in [2.05, 4.69) is 18.8 Å². The number of hydrogen-bond acceptors (Lipinski definition) is 4. The first-order valence-electron chi connectivity index (χ1n) is 7.80. The minimum absolute atomic E-state index is 0.302. The Balaban J connectivity index is 2.30. The summed E-state index contributed by atoms with van der Waals surface area (Å²) >= 11 is 0. The molecule has 0 saturated heterocycles. The maximum atomic E-state index is 11.5. The molecule has 120 valence electrons. The third kappa shape index (κ3) is 2.69. The monoisotopic (exact) mass is 311 g/mol. The molecule has 2 heterocycles. The highest BCUT2D eigenvalue weighted by Gasteiger charge is 2.35. The number of ether oxygens (including phenoxy) is 2. The highest BCUT2D eigenvalue weighted by atomic mass is 16.5. The second kappa shape index (κ2) is 5.37. The van der Waals surface area contributed by atoms with Crippen molar-refractivity contribution in [3.8, 4) is 22.6 Å². The van der Waals surface area contributed by atoms with E-state index in [1.54, 1.807) is 12.4 Å². The summed E-state index contributed by atoms with van der Waals surface area (Å²) in [7, 11) is 0. The van der Waals surface area contributed by atoms with Crippen molar-refractivity contribution in [1.29, 1.82) is 0 Å². The van der Waals surface area contributed by atoms with E-state index in [1.807, 2.05) is 32.0 Å². The summed E-state index contributed by atoms with van der Waals surface area (Å²) in [6.07, 6.45) is 3.56. The maximum absolute atomic E-state index is 11.5. The minimum atomic E-state index is -0.464. The van der Waals surface area contributed by atoms with Crippen LogP contribution in [-0.2, 0) is 10.4 Å². The van der Waals surface area contributed by atoms with Crippen LogP contribution < -0.4 is 9.47 Å². The summed E-state index contributed by atoms with van der Waals surface area (Å²) in [6, 6.07) is 5.90. The summed E-state index contributed by atoms with van der Waals surface area (Å²) in [5.41, 5.74) is 3.39. The van der Waals surface area contributed by atoms with Crippen LogP contribution in [0.3, 0.4) is 0 Å². The Morgan fingerprint density at radius 1 is 1.30 bits per heavy atom. The number of hydrogen-bond donors (Lipinski definition) is 0. The van der Waals surface area contributed by atoms with Crippen LogP contribution in [0.1, 0.15) is 51.7 Å². The number of pyridine rings is 1. The fraction of sp³-hybridized carbons (Fsp3) is 0.368. The zero-order valence-corrected chi connectivity index (χ0v) is 14.1. The van der Waals surface area contributed by atoms with Crippen molar-refractivity contribution < 1.29 is 14.3 Å². The van der Waals surface area contributed by atoms with E-state index in [4.69, 9.17) is 9.47 Å². The first kappa shape index (κ1) is 15.5. The van der Waals surface area contributed by atoms with E-state index < -0.39 is 5.60 Å². The van der Waals surface area contributed by atoms with Gasteiger partial charge in [0, 0.05) is 30.4 Å². The second-order valence-corrected chi connectivity index (χ2v) is 6.67. The average molecular weight is 311 g/mol. The lowest BCUT2D eigenvalue weighted by Gasteiger charge is -2.35. The van der Waals surface area contributed by atoms with E-state index in [-0.39, 0.29) is 5.97 Å². The first-order valence-corrected chi connectivity index (χ1v) is 7.80. The van der Waals surface area contributed by atoms with Crippen LogP contribution in [0, 0.1) is 0 Å². The maximum Gasteiger partial charge on any atom is 0.308 e. The van der Waals surface area contributed by atoms with Crippen LogP contribution in [0.4, 0.5) is 0 Å². The summed E-state index contributed by atoms with van der Waals surface area (Å²) in [6.45, 7) is 9.67. The lowest BCUT2D eigenvalue weighted by Crippen LogP contribution is -2.29. The van der Waals surface area contributed by atoms with Crippen molar-refractivity contribution in [2.75, 3.05) is 0 Å². The molecule has 1 aromatic carbocycles. The van der Waals surface area contributed by atoms with Gasteiger partial charge in [-0.1, -0.05) is 13.8 Å². The third-order valence-electron chi connectivity index (χ3n) is 4.11. The molecule has 0 fully saturated rings. The van der Waals surface area contributed by atoms with Gasteiger partial charge in [0.05, 0.1) is 5.56 Å². The van der Waals surface area contributed by atoms with Crippen molar-refractivity contribution in [3.05, 3.63) is 41.7 Å². The number of esters is 1. The molecule has 0 unspecified atom stereocenters. The molecule has 1 aliphatic heterocycles. The lowest BCUT2D eigenvalue weighted by atomic mass is 9.86. The number of aromatic nitrogens is 1. The van der Waals surface area contributed by atoms with Gasteiger partial charge < -0.3 is 9.47 Å². The summed E-state index contributed by atoms with van der Waals surface area (Å²) in [4.78, 5) is 15.8. The Bertz CT molecular complexity index is 778. The van der Waals surface area contributed by atoms with Gasteiger partial charge in [-0.3, -0.25) is 9.78 Å². The van der Waals surface area contributed by atoms with Gasteiger partial charge >= 0.3 is 5.97 Å². The number of rotatable bonds is 2. The van der Waals surface area contributed by atoms with Gasteiger partial charge in [-0.15, -0.1) is 0 Å². The number of carbonyl (C=O) groups excluding carboxylic acids is 1. The fourth-order valence-corrected chi connectivity index (χ4v) is 2.97. The van der Waals surface area contributed by atoms with Crippen molar-refractivity contribution in [2.45, 2.75) is 46.1 Å². The van der Waals surface area contributed by atoms with E-state index in [1.165, 1.54) is 6.92 Å². The largest absolute Gasteiger partial charge is 0.482 e. The average Bonchev–Trinajstić information content (AvgIpc) is 2.45. The number of nitrogens with zero attached hydrogens (tertiary/aromatic N) is 1. The van der Waals surface area contributed by atoms with Gasteiger partial charge in [0.15, 0.2) is 0 Å². The lowest BCUT2D eigenvalue weighted by molar-refractivity contribution is -0.131. The fourth-order valence-electron chi connectivity index (χ4n) is 2.97. The van der Waals surface area contributed by atoms with Crippen LogP contribution in [0.5, 0.6) is 11.5 Å². The van der Waals surface area contributed by atoms with E-state index in [0.29, 0.717) is 11.7 Å². The van der Waals surface area contributed by atoms with Gasteiger partial charge in [0.2, 0.25) is 0 Å². The molecule has 4 heteroatoms. The Hall–Kier alpha value is -2.36. The van der Waals surface area contributed by atoms with Gasteiger partial charge in [-0.25, -0.2) is 0 Å². The smallest absolute Gasteiger partial charge is 0.308 e. The van der Waals surface area contributed by atoms with Crippen LogP contribution in [-0.4, -0.2) is 11.0 Å². The molecule has 2 aromatic rings. The molecular formula is C19H21NO3. The zero-order valence-electron chi connectivity index (χ0n) is 14.1. The highest BCUT2D eigenvalue weighted by Crippen LogP contribution is 2.50. The molecule has 3 rings (SSSR count). The quantitative estimate of drug-likeness (QED) is 0.608. The first-order chi connectivity index (χ1) is 10.8. The molecule has 1 aliphatic rings. The van der Waals surface area contributed by atoms with E-state index in [9.17, 15) is 4.79 Å². The Morgan fingerprint density at radius 2 is 2.04 bits per heavy atom. The summed E-state index contributed by atoms with van der Waals surface area (Å²) in [5.74, 6) is 1.22. The SMILES string of the molecule is CC(=O)Oc1cc(C(C)C)cc2c1-c1cnccc1C(C)(C)O2. The summed E-state index contributed by atoms with van der Waals surface area (Å²) < 4.78 is 11.7. The molecular weight excluding hydrogens is 290 g/mol. The molecule has 0 saturated carbocycles. The molecule has 23 heavy (non-hydrogen) atoms. The number of fused-ring (bicyclic) bond motifs is 3. The topological polar surface area (TPSA) is 48.4 Å². The second-order valence-electron chi connectivity index (χ2n) is 6.67. The molecule has 1 aromatic heterocycles. The van der Waals surface area contributed by atoms with Gasteiger partial charge in [-0.05, 0) is 43.5 Å². The third-order valence-corrected chi connectivity index (χ3v) is 4.11. The van der Waals surface area contributed by atoms with Gasteiger partial charge in [0.1, 0.15) is 17.1 Å². The highest BCUT2D eigenvalue weighted by molar-refractivity contribution is 5.84. The summed E-state index contributed by atoms with van der Waals surface area (Å²) in [5, 5.41) is 0. The van der Waals surface area contributed by atoms with E-state index in [0.717, 1.165) is 28.0 Å². The standard InChI is InChI=1S/C19H21NO3/c1-11(2)13-8-16(22-12(3)21)18-14-10-20-7-6-15(14)19(4,5)23-17(18)9-13/h6-11H,1-5H3. The molecule has 4 nitrogen and oxygen atoms in total. The predicted octanol–water partition coefficient (Wildman–Crippen LogP) is 4.42. The number of carbonyl (C=O) groups is 1. The molecule has 0 amide bonds. The van der Waals surface area contributed by atoms with Crippen molar-refractivity contribution in [3.63, 3.8) is 0 Å². The Kier molecular flexibility index (Phi) is 3.63. The zero-order chi connectivity index (χ0) is 16.8. The molecule has 0 aliphatic carbocycles. The van der Waals surface area contributed by atoms with Crippen LogP contribution >= 0.6 is 0 Å². The molecule has 0 atom stereocenters. The predicted molar refractivity (Wildman–Crippen MR) is 88.7 cm³/mol. The van der Waals surface area contributed by atoms with E-state index >= 15 is 0 Å². The Labute approximate surface area is 136 Å². The van der Waals surface area contributed by atoms with Gasteiger partial charge in [0.25, 0.3) is 0 Å².